The molecule has 2 N–H and O–H groups in total. The predicted octanol–water partition coefficient (Wildman–Crippen LogP) is 3.51. The van der Waals surface area contributed by atoms with Crippen molar-refractivity contribution in [2.75, 3.05) is 0 Å². The van der Waals surface area contributed by atoms with Gasteiger partial charge in [-0.3, -0.25) is 0 Å². The number of phenols is 1. The fourth-order valence-electron chi connectivity index (χ4n) is 1.37. The lowest BCUT2D eigenvalue weighted by molar-refractivity contribution is 0.0694. The molecule has 0 saturated heterocycles. The molecule has 0 aromatic heterocycles. The summed E-state index contributed by atoms with van der Waals surface area (Å²) in [5.41, 5.74) is 0.911. The number of aromatic carboxylic acids is 1. The zero-order chi connectivity index (χ0) is 13.0. The maximum absolute atomic E-state index is 10.7. The van der Waals surface area contributed by atoms with Gasteiger partial charge < -0.3 is 10.2 Å². The van der Waals surface area contributed by atoms with Gasteiger partial charge in [-0.25, -0.2) is 4.79 Å². The van der Waals surface area contributed by atoms with Gasteiger partial charge in [-0.05, 0) is 24.3 Å². The van der Waals surface area contributed by atoms with Crippen molar-refractivity contribution in [2.24, 2.45) is 10.2 Å². The first-order valence-electron chi connectivity index (χ1n) is 5.20. The SMILES string of the molecule is O=C(O)c1ccc(N=Nc2ccccc2)cc1O. The summed E-state index contributed by atoms with van der Waals surface area (Å²) in [5.74, 6) is -1.51. The molecular formula is C13H10N2O3. The molecule has 0 fully saturated rings. The Labute approximate surface area is 103 Å². The Bertz CT molecular complexity index is 594. The van der Waals surface area contributed by atoms with Crippen LogP contribution in [0, 0.1) is 0 Å². The molecule has 0 unspecified atom stereocenters. The second-order valence-electron chi connectivity index (χ2n) is 3.54. The molecule has 0 aliphatic rings. The number of hydrogen-bond donors (Lipinski definition) is 2. The molecule has 0 bridgehead atoms. The van der Waals surface area contributed by atoms with Gasteiger partial charge in [0.15, 0.2) is 0 Å². The third-order valence-electron chi connectivity index (χ3n) is 2.25. The predicted molar refractivity (Wildman–Crippen MR) is 65.7 cm³/mol. The van der Waals surface area contributed by atoms with Crippen molar-refractivity contribution in [1.82, 2.24) is 0 Å². The van der Waals surface area contributed by atoms with Crippen molar-refractivity contribution in [3.63, 3.8) is 0 Å². The van der Waals surface area contributed by atoms with E-state index in [9.17, 15) is 9.90 Å². The Morgan fingerprint density at radius 2 is 1.61 bits per heavy atom. The van der Waals surface area contributed by atoms with E-state index in [1.54, 1.807) is 12.1 Å². The minimum Gasteiger partial charge on any atom is -0.507 e. The first kappa shape index (κ1) is 11.8. The zero-order valence-electron chi connectivity index (χ0n) is 9.32. The lowest BCUT2D eigenvalue weighted by Gasteiger charge is -1.99. The second kappa shape index (κ2) is 5.09. The Morgan fingerprint density at radius 1 is 0.944 bits per heavy atom. The van der Waals surface area contributed by atoms with Crippen LogP contribution >= 0.6 is 0 Å². The molecule has 2 aromatic carbocycles. The number of rotatable bonds is 3. The van der Waals surface area contributed by atoms with Gasteiger partial charge >= 0.3 is 5.97 Å². The largest absolute Gasteiger partial charge is 0.507 e. The highest BCUT2D eigenvalue weighted by Gasteiger charge is 2.09. The fourth-order valence-corrected chi connectivity index (χ4v) is 1.37. The first-order valence-corrected chi connectivity index (χ1v) is 5.20. The van der Waals surface area contributed by atoms with Crippen molar-refractivity contribution in [2.45, 2.75) is 0 Å². The van der Waals surface area contributed by atoms with Crippen LogP contribution < -0.4 is 0 Å². The quantitative estimate of drug-likeness (QED) is 0.808. The molecule has 0 aliphatic carbocycles. The van der Waals surface area contributed by atoms with E-state index in [0.717, 1.165) is 0 Å². The Balaban J connectivity index is 2.23. The lowest BCUT2D eigenvalue weighted by atomic mass is 10.2. The highest BCUT2D eigenvalue weighted by molar-refractivity contribution is 5.91. The minimum atomic E-state index is -1.18. The average molecular weight is 242 g/mol. The molecule has 0 spiro atoms. The summed E-state index contributed by atoms with van der Waals surface area (Å²) in [6.07, 6.45) is 0. The van der Waals surface area contributed by atoms with Gasteiger partial charge in [0.1, 0.15) is 11.3 Å². The summed E-state index contributed by atoms with van der Waals surface area (Å²) < 4.78 is 0. The molecule has 2 aromatic rings. The fraction of sp³-hybridized carbons (Fsp3) is 0. The molecule has 90 valence electrons. The van der Waals surface area contributed by atoms with Crippen LogP contribution in [0.5, 0.6) is 5.75 Å². The molecule has 0 atom stereocenters. The maximum atomic E-state index is 10.7. The third kappa shape index (κ3) is 2.70. The number of carboxylic acids is 1. The van der Waals surface area contributed by atoms with Crippen molar-refractivity contribution >= 4 is 17.3 Å². The van der Waals surface area contributed by atoms with E-state index in [-0.39, 0.29) is 11.3 Å². The summed E-state index contributed by atoms with van der Waals surface area (Å²) in [7, 11) is 0. The number of aromatic hydroxyl groups is 1. The van der Waals surface area contributed by atoms with Gasteiger partial charge in [0.05, 0.1) is 11.4 Å². The van der Waals surface area contributed by atoms with E-state index in [1.807, 2.05) is 18.2 Å². The zero-order valence-corrected chi connectivity index (χ0v) is 9.32. The monoisotopic (exact) mass is 242 g/mol. The molecule has 0 saturated carbocycles. The smallest absolute Gasteiger partial charge is 0.339 e. The Kier molecular flexibility index (Phi) is 3.33. The van der Waals surface area contributed by atoms with Crippen LogP contribution in [-0.4, -0.2) is 16.2 Å². The van der Waals surface area contributed by atoms with Crippen LogP contribution in [0.1, 0.15) is 10.4 Å². The van der Waals surface area contributed by atoms with Gasteiger partial charge in [0.25, 0.3) is 0 Å². The average Bonchev–Trinajstić information content (AvgIpc) is 2.37. The molecule has 18 heavy (non-hydrogen) atoms. The van der Waals surface area contributed by atoms with Crippen LogP contribution in [-0.2, 0) is 0 Å². The molecule has 0 heterocycles. The van der Waals surface area contributed by atoms with Crippen molar-refractivity contribution in [3.8, 4) is 5.75 Å². The van der Waals surface area contributed by atoms with Gasteiger partial charge in [-0.1, -0.05) is 18.2 Å². The van der Waals surface area contributed by atoms with Gasteiger partial charge in [-0.2, -0.15) is 10.2 Å². The summed E-state index contributed by atoms with van der Waals surface area (Å²) in [6.45, 7) is 0. The second-order valence-corrected chi connectivity index (χ2v) is 3.54. The lowest BCUT2D eigenvalue weighted by Crippen LogP contribution is -1.95. The van der Waals surface area contributed by atoms with Crippen LogP contribution in [0.4, 0.5) is 11.4 Å². The van der Waals surface area contributed by atoms with Gasteiger partial charge in [0.2, 0.25) is 0 Å². The molecule has 5 nitrogen and oxygen atoms in total. The van der Waals surface area contributed by atoms with Crippen LogP contribution in [0.3, 0.4) is 0 Å². The van der Waals surface area contributed by atoms with Crippen molar-refractivity contribution in [3.05, 3.63) is 54.1 Å². The molecule has 5 heteroatoms. The van der Waals surface area contributed by atoms with Gasteiger partial charge in [0, 0.05) is 6.07 Å². The van der Waals surface area contributed by atoms with E-state index in [0.29, 0.717) is 11.4 Å². The first-order chi connectivity index (χ1) is 8.66. The molecule has 0 radical (unpaired) electrons. The highest BCUT2D eigenvalue weighted by atomic mass is 16.4. The van der Waals surface area contributed by atoms with E-state index in [1.165, 1.54) is 18.2 Å². The summed E-state index contributed by atoms with van der Waals surface area (Å²) in [5, 5.41) is 26.1. The number of nitrogens with zero attached hydrogens (tertiary/aromatic N) is 2. The number of hydrogen-bond acceptors (Lipinski definition) is 4. The van der Waals surface area contributed by atoms with Crippen LogP contribution in [0.15, 0.2) is 58.8 Å². The van der Waals surface area contributed by atoms with E-state index < -0.39 is 5.97 Å². The normalized spacial score (nSPS) is 10.7. The number of carbonyl (C=O) groups is 1. The summed E-state index contributed by atoms with van der Waals surface area (Å²) >= 11 is 0. The van der Waals surface area contributed by atoms with Gasteiger partial charge in [-0.15, -0.1) is 0 Å². The van der Waals surface area contributed by atoms with E-state index in [2.05, 4.69) is 10.2 Å². The van der Waals surface area contributed by atoms with Crippen molar-refractivity contribution in [1.29, 1.82) is 0 Å². The maximum Gasteiger partial charge on any atom is 0.339 e. The van der Waals surface area contributed by atoms with Crippen LogP contribution in [0.2, 0.25) is 0 Å². The van der Waals surface area contributed by atoms with Crippen molar-refractivity contribution < 1.29 is 15.0 Å². The summed E-state index contributed by atoms with van der Waals surface area (Å²) in [6, 6.07) is 13.1. The third-order valence-corrected chi connectivity index (χ3v) is 2.25. The Morgan fingerprint density at radius 3 is 2.22 bits per heavy atom. The molecule has 0 amide bonds. The van der Waals surface area contributed by atoms with E-state index >= 15 is 0 Å². The minimum absolute atomic E-state index is 0.159. The molecule has 2 rings (SSSR count). The van der Waals surface area contributed by atoms with E-state index in [4.69, 9.17) is 5.11 Å². The number of azo groups is 1. The standard InChI is InChI=1S/C13H10N2O3/c16-12-8-10(6-7-11(12)13(17)18)15-14-9-4-2-1-3-5-9/h1-8,16H,(H,17,18). The number of carboxylic acid groups (broad SMARTS) is 1. The molecule has 0 aliphatic heterocycles. The number of benzene rings is 2. The molecular weight excluding hydrogens is 232 g/mol. The van der Waals surface area contributed by atoms with Crippen LogP contribution in [0.25, 0.3) is 0 Å². The Hall–Kier alpha value is -2.69. The summed E-state index contributed by atoms with van der Waals surface area (Å²) in [4.78, 5) is 10.7. The highest BCUT2D eigenvalue weighted by Crippen LogP contribution is 2.25. The topological polar surface area (TPSA) is 82.2 Å².